The highest BCUT2D eigenvalue weighted by Crippen LogP contribution is 2.48. The molecule has 3 aliphatic rings. The molecule has 1 saturated heterocycles. The molecule has 0 aromatic carbocycles. The third-order valence-electron chi connectivity index (χ3n) is 4.94. The first-order valence-electron chi connectivity index (χ1n) is 7.94. The molecule has 0 bridgehead atoms. The monoisotopic (exact) mass is 347 g/mol. The van der Waals surface area contributed by atoms with Crippen molar-refractivity contribution in [2.75, 3.05) is 0 Å². The number of halogens is 3. The zero-order valence-corrected chi connectivity index (χ0v) is 13.0. The van der Waals surface area contributed by atoms with E-state index in [4.69, 9.17) is 20.9 Å². The van der Waals surface area contributed by atoms with Gasteiger partial charge in [0, 0.05) is 6.04 Å². The smallest absolute Gasteiger partial charge is 0.475 e. The average molecular weight is 347 g/mol. The van der Waals surface area contributed by atoms with Crippen LogP contribution in [0.25, 0.3) is 0 Å². The zero-order valence-electron chi connectivity index (χ0n) is 13.0. The summed E-state index contributed by atoms with van der Waals surface area (Å²) in [6, 6.07) is 2.01. The first-order valence-corrected chi connectivity index (χ1v) is 7.94. The molecule has 9 heteroatoms. The molecule has 2 aliphatic carbocycles. The van der Waals surface area contributed by atoms with E-state index >= 15 is 0 Å². The van der Waals surface area contributed by atoms with Crippen LogP contribution in [-0.4, -0.2) is 46.2 Å². The van der Waals surface area contributed by atoms with Crippen LogP contribution in [0.3, 0.4) is 0 Å². The minimum Gasteiger partial charge on any atom is -0.475 e. The molecule has 0 aromatic rings. The summed E-state index contributed by atoms with van der Waals surface area (Å²) < 4.78 is 31.7. The maximum absolute atomic E-state index is 12.4. The topological polar surface area (TPSA) is 107 Å². The molecule has 1 aliphatic heterocycles. The van der Waals surface area contributed by atoms with E-state index in [-0.39, 0.29) is 18.0 Å². The van der Waals surface area contributed by atoms with Gasteiger partial charge < -0.3 is 15.7 Å². The molecule has 3 rings (SSSR count). The van der Waals surface area contributed by atoms with E-state index in [2.05, 4.69) is 6.07 Å². The van der Waals surface area contributed by atoms with Crippen molar-refractivity contribution in [3.63, 3.8) is 0 Å². The summed E-state index contributed by atoms with van der Waals surface area (Å²) in [5.74, 6) is -1.79. The second-order valence-corrected chi connectivity index (χ2v) is 6.56. The number of rotatable bonds is 2. The molecule has 24 heavy (non-hydrogen) atoms. The number of hydrogen-bond acceptors (Lipinski definition) is 4. The van der Waals surface area contributed by atoms with Gasteiger partial charge in [0.25, 0.3) is 0 Å². The van der Waals surface area contributed by atoms with Gasteiger partial charge in [-0.3, -0.25) is 4.79 Å². The van der Waals surface area contributed by atoms with E-state index in [1.54, 1.807) is 4.90 Å². The van der Waals surface area contributed by atoms with E-state index in [1.807, 2.05) is 0 Å². The van der Waals surface area contributed by atoms with Gasteiger partial charge in [-0.2, -0.15) is 18.4 Å². The highest BCUT2D eigenvalue weighted by atomic mass is 19.4. The molecule has 4 atom stereocenters. The number of fused-ring (bicyclic) bond motifs is 1. The number of piperidine rings is 1. The third kappa shape index (κ3) is 3.98. The summed E-state index contributed by atoms with van der Waals surface area (Å²) in [6.07, 6.45) is 1.41. The van der Waals surface area contributed by atoms with Gasteiger partial charge in [-0.25, -0.2) is 4.79 Å². The maximum atomic E-state index is 12.4. The summed E-state index contributed by atoms with van der Waals surface area (Å²) in [7, 11) is 0. The molecule has 2 unspecified atom stereocenters. The van der Waals surface area contributed by atoms with Crippen LogP contribution in [0.15, 0.2) is 0 Å². The lowest BCUT2D eigenvalue weighted by atomic mass is 9.97. The number of hydrogen-bond donors (Lipinski definition) is 2. The van der Waals surface area contributed by atoms with Gasteiger partial charge in [-0.15, -0.1) is 0 Å². The Morgan fingerprint density at radius 3 is 2.25 bits per heavy atom. The lowest BCUT2D eigenvalue weighted by Gasteiger charge is -2.28. The van der Waals surface area contributed by atoms with E-state index in [0.29, 0.717) is 17.9 Å². The van der Waals surface area contributed by atoms with Gasteiger partial charge in [0.05, 0.1) is 12.1 Å². The van der Waals surface area contributed by atoms with Crippen LogP contribution in [0.4, 0.5) is 13.2 Å². The molecule has 3 N–H and O–H groups in total. The van der Waals surface area contributed by atoms with Crippen molar-refractivity contribution in [1.29, 1.82) is 5.26 Å². The van der Waals surface area contributed by atoms with E-state index in [9.17, 15) is 18.0 Å². The fourth-order valence-corrected chi connectivity index (χ4v) is 3.58. The number of aliphatic carboxylic acids is 1. The highest BCUT2D eigenvalue weighted by Gasteiger charge is 2.55. The quantitative estimate of drug-likeness (QED) is 0.790. The van der Waals surface area contributed by atoms with Gasteiger partial charge >= 0.3 is 12.1 Å². The van der Waals surface area contributed by atoms with Crippen molar-refractivity contribution in [2.24, 2.45) is 17.6 Å². The van der Waals surface area contributed by atoms with E-state index in [1.165, 1.54) is 12.8 Å². The zero-order chi connectivity index (χ0) is 18.1. The number of nitriles is 1. The Bertz CT molecular complexity index is 540. The molecule has 134 valence electrons. The number of carboxylic acids is 1. The third-order valence-corrected chi connectivity index (χ3v) is 4.94. The van der Waals surface area contributed by atoms with Crippen molar-refractivity contribution in [3.8, 4) is 6.07 Å². The van der Waals surface area contributed by atoms with Gasteiger partial charge in [-0.1, -0.05) is 12.8 Å². The van der Waals surface area contributed by atoms with Crippen LogP contribution in [0.1, 0.15) is 38.5 Å². The fourth-order valence-electron chi connectivity index (χ4n) is 3.58. The van der Waals surface area contributed by atoms with Crippen LogP contribution >= 0.6 is 0 Å². The number of amides is 1. The second kappa shape index (κ2) is 6.97. The summed E-state index contributed by atoms with van der Waals surface area (Å²) in [6.45, 7) is 0. The fraction of sp³-hybridized carbons (Fsp3) is 0.800. The van der Waals surface area contributed by atoms with Crippen molar-refractivity contribution in [3.05, 3.63) is 0 Å². The normalized spacial score (nSPS) is 30.0. The number of carbonyl (C=O) groups excluding carboxylic acids is 1. The molecule has 0 aromatic heterocycles. The van der Waals surface area contributed by atoms with Crippen LogP contribution in [-0.2, 0) is 9.59 Å². The van der Waals surface area contributed by atoms with Gasteiger partial charge in [0.1, 0.15) is 6.04 Å². The molecule has 0 radical (unpaired) electrons. The van der Waals surface area contributed by atoms with Crippen molar-refractivity contribution in [2.45, 2.75) is 62.8 Å². The summed E-state index contributed by atoms with van der Waals surface area (Å²) >= 11 is 0. The Labute approximate surface area is 137 Å². The molecule has 1 heterocycles. The van der Waals surface area contributed by atoms with Crippen LogP contribution < -0.4 is 5.73 Å². The Morgan fingerprint density at radius 1 is 1.25 bits per heavy atom. The first-order chi connectivity index (χ1) is 11.2. The maximum Gasteiger partial charge on any atom is 0.490 e. The number of likely N-dealkylation sites (tertiary alicyclic amines) is 1. The second-order valence-electron chi connectivity index (χ2n) is 6.56. The van der Waals surface area contributed by atoms with Gasteiger partial charge in [0.2, 0.25) is 5.91 Å². The summed E-state index contributed by atoms with van der Waals surface area (Å²) in [5.41, 5.74) is 6.10. The minimum atomic E-state index is -5.08. The molecular weight excluding hydrogens is 327 g/mol. The van der Waals surface area contributed by atoms with Crippen LogP contribution in [0.5, 0.6) is 0 Å². The Hall–Kier alpha value is -1.82. The lowest BCUT2D eigenvalue weighted by Crippen LogP contribution is -2.50. The largest absolute Gasteiger partial charge is 0.490 e. The van der Waals surface area contributed by atoms with E-state index < -0.39 is 12.1 Å². The molecule has 3 fully saturated rings. The van der Waals surface area contributed by atoms with E-state index in [0.717, 1.165) is 25.7 Å². The molecule has 6 nitrogen and oxygen atoms in total. The number of nitrogens with zero attached hydrogens (tertiary/aromatic N) is 2. The predicted octanol–water partition coefficient (Wildman–Crippen LogP) is 1.65. The standard InChI is InChI=1S/C13H19N3O.C2HF3O2/c14-7-10-5-9-6-11(9)16(10)13(17)12(15)8-3-1-2-4-8;3-2(4,5)1(6)7/h8-12H,1-6,15H2;(H,6,7)/t9-,10?,11+,12?;/m1./s1. The molecule has 0 spiro atoms. The SMILES string of the molecule is N#CC1C[C@@H]2C[C@@H]2N1C(=O)C(N)C1CCCC1.O=C(O)C(F)(F)F. The van der Waals surface area contributed by atoms with Crippen molar-refractivity contribution in [1.82, 2.24) is 4.90 Å². The number of alkyl halides is 3. The van der Waals surface area contributed by atoms with Crippen molar-refractivity contribution < 1.29 is 27.9 Å². The predicted molar refractivity (Wildman–Crippen MR) is 76.4 cm³/mol. The minimum absolute atomic E-state index is 0.0356. The van der Waals surface area contributed by atoms with Crippen LogP contribution in [0.2, 0.25) is 0 Å². The average Bonchev–Trinajstić information content (AvgIpc) is 2.94. The Kier molecular flexibility index (Phi) is 5.38. The van der Waals surface area contributed by atoms with Crippen molar-refractivity contribution >= 4 is 11.9 Å². The van der Waals surface area contributed by atoms with Gasteiger partial charge in [0.15, 0.2) is 0 Å². The summed E-state index contributed by atoms with van der Waals surface area (Å²) in [5, 5.41) is 16.2. The first kappa shape index (κ1) is 18.5. The number of carbonyl (C=O) groups is 2. The Balaban J connectivity index is 0.000000256. The van der Waals surface area contributed by atoms with Crippen LogP contribution in [0, 0.1) is 23.2 Å². The number of nitrogens with two attached hydrogens (primary N) is 1. The summed E-state index contributed by atoms with van der Waals surface area (Å²) in [4.78, 5) is 23.1. The molecular formula is C15H20F3N3O3. The molecule has 1 amide bonds. The Morgan fingerprint density at radius 2 is 1.79 bits per heavy atom. The lowest BCUT2D eigenvalue weighted by molar-refractivity contribution is -0.192. The number of carboxylic acid groups (broad SMARTS) is 1. The highest BCUT2D eigenvalue weighted by molar-refractivity contribution is 5.83. The molecule has 2 saturated carbocycles. The van der Waals surface area contributed by atoms with Gasteiger partial charge in [-0.05, 0) is 37.5 Å².